The number of likely N-dealkylation sites (tertiary alicyclic amines) is 1. The van der Waals surface area contributed by atoms with Crippen molar-refractivity contribution in [3.05, 3.63) is 95.1 Å². The lowest BCUT2D eigenvalue weighted by Crippen LogP contribution is -2.58. The van der Waals surface area contributed by atoms with Crippen molar-refractivity contribution in [1.82, 2.24) is 10.2 Å². The maximum absolute atomic E-state index is 13.3. The third kappa shape index (κ3) is 4.86. The topological polar surface area (TPSA) is 32.3 Å². The highest BCUT2D eigenvalue weighted by Crippen LogP contribution is 2.49. The van der Waals surface area contributed by atoms with Crippen LogP contribution in [0.1, 0.15) is 67.1 Å². The standard InChI is InChI=1S/C34H40N2O/c1-23(19-25-11-13-28(14-12-25)27-7-5-4-6-8-27)35-33(37)30-16-15-29-21-32-24(2)34(3,31(29)20-30)17-18-36(32)22-26-9-10-26/h4-8,11-16,20,23-24,26,32H,9-10,17-19,21-22H2,1-3H3,(H,35,37)/t23?,24-,32?,34-/m0/s1. The Balaban J connectivity index is 1.13. The van der Waals surface area contributed by atoms with Crippen molar-refractivity contribution in [1.29, 1.82) is 0 Å². The molecule has 1 saturated carbocycles. The molecule has 1 saturated heterocycles. The molecule has 3 heteroatoms. The number of hydrogen-bond donors (Lipinski definition) is 1. The van der Waals surface area contributed by atoms with E-state index < -0.39 is 0 Å². The number of nitrogens with zero attached hydrogens (tertiary/aromatic N) is 1. The first-order valence-corrected chi connectivity index (χ1v) is 14.2. The van der Waals surface area contributed by atoms with Crippen LogP contribution in [0.25, 0.3) is 11.1 Å². The number of nitrogens with one attached hydrogen (secondary N) is 1. The minimum atomic E-state index is 0.0424. The number of benzene rings is 3. The molecule has 3 aromatic carbocycles. The second-order valence-corrected chi connectivity index (χ2v) is 12.2. The quantitative estimate of drug-likeness (QED) is 0.400. The minimum Gasteiger partial charge on any atom is -0.349 e. The van der Waals surface area contributed by atoms with Crippen molar-refractivity contribution in [3.8, 4) is 11.1 Å². The van der Waals surface area contributed by atoms with Gasteiger partial charge in [0.25, 0.3) is 5.91 Å². The van der Waals surface area contributed by atoms with E-state index in [0.29, 0.717) is 12.0 Å². The van der Waals surface area contributed by atoms with Gasteiger partial charge in [0.1, 0.15) is 0 Å². The normalized spacial score (nSPS) is 25.8. The molecule has 2 aliphatic carbocycles. The number of carbonyl (C=O) groups excluding carboxylic acids is 1. The van der Waals surface area contributed by atoms with Gasteiger partial charge < -0.3 is 5.32 Å². The van der Waals surface area contributed by atoms with Crippen LogP contribution in [0.5, 0.6) is 0 Å². The lowest BCUT2D eigenvalue weighted by molar-refractivity contribution is 0.0284. The third-order valence-corrected chi connectivity index (χ3v) is 9.56. The number of rotatable bonds is 7. The van der Waals surface area contributed by atoms with Crippen LogP contribution in [-0.4, -0.2) is 36.0 Å². The third-order valence-electron chi connectivity index (χ3n) is 9.56. The van der Waals surface area contributed by atoms with E-state index in [-0.39, 0.29) is 17.4 Å². The van der Waals surface area contributed by atoms with Crippen LogP contribution < -0.4 is 5.32 Å². The molecule has 0 spiro atoms. The first-order valence-electron chi connectivity index (χ1n) is 14.2. The Labute approximate surface area is 222 Å². The summed E-state index contributed by atoms with van der Waals surface area (Å²) in [6, 6.07) is 26.4. The summed E-state index contributed by atoms with van der Waals surface area (Å²) in [7, 11) is 0. The molecule has 3 aromatic rings. The Morgan fingerprint density at radius 1 is 1.03 bits per heavy atom. The van der Waals surface area contributed by atoms with E-state index in [1.807, 2.05) is 6.07 Å². The zero-order chi connectivity index (χ0) is 25.6. The predicted molar refractivity (Wildman–Crippen MR) is 152 cm³/mol. The Bertz CT molecular complexity index is 1260. The number of carbonyl (C=O) groups is 1. The fourth-order valence-electron chi connectivity index (χ4n) is 6.88. The average molecular weight is 493 g/mol. The molecular weight excluding hydrogens is 452 g/mol. The first kappa shape index (κ1) is 24.4. The summed E-state index contributed by atoms with van der Waals surface area (Å²) in [4.78, 5) is 16.1. The van der Waals surface area contributed by atoms with Gasteiger partial charge in [-0.2, -0.15) is 0 Å². The van der Waals surface area contributed by atoms with Gasteiger partial charge in [0, 0.05) is 24.2 Å². The van der Waals surface area contributed by atoms with Crippen molar-refractivity contribution in [2.45, 2.75) is 70.4 Å². The number of amides is 1. The highest BCUT2D eigenvalue weighted by atomic mass is 16.1. The van der Waals surface area contributed by atoms with Crippen molar-refractivity contribution in [2.24, 2.45) is 11.8 Å². The molecule has 2 fully saturated rings. The fourth-order valence-corrected chi connectivity index (χ4v) is 6.88. The van der Waals surface area contributed by atoms with Crippen molar-refractivity contribution in [2.75, 3.05) is 13.1 Å². The molecule has 192 valence electrons. The molecule has 0 aromatic heterocycles. The Hall–Kier alpha value is -2.91. The number of piperidine rings is 1. The van der Waals surface area contributed by atoms with E-state index >= 15 is 0 Å². The molecule has 1 amide bonds. The van der Waals surface area contributed by atoms with Crippen LogP contribution in [0.3, 0.4) is 0 Å². The van der Waals surface area contributed by atoms with E-state index in [1.54, 1.807) is 0 Å². The molecular formula is C34H40N2O. The van der Waals surface area contributed by atoms with E-state index in [2.05, 4.69) is 97.7 Å². The van der Waals surface area contributed by atoms with Crippen LogP contribution >= 0.6 is 0 Å². The van der Waals surface area contributed by atoms with Gasteiger partial charge in [-0.05, 0) is 103 Å². The van der Waals surface area contributed by atoms with Crippen molar-refractivity contribution < 1.29 is 4.79 Å². The largest absolute Gasteiger partial charge is 0.349 e. The molecule has 1 aliphatic heterocycles. The molecule has 4 atom stereocenters. The monoisotopic (exact) mass is 492 g/mol. The van der Waals surface area contributed by atoms with Gasteiger partial charge in [-0.3, -0.25) is 9.69 Å². The molecule has 6 rings (SSSR count). The lowest BCUT2D eigenvalue weighted by Gasteiger charge is -2.55. The number of hydrogen-bond acceptors (Lipinski definition) is 2. The van der Waals surface area contributed by atoms with Crippen LogP contribution in [-0.2, 0) is 18.3 Å². The highest BCUT2D eigenvalue weighted by molar-refractivity contribution is 5.94. The maximum atomic E-state index is 13.3. The maximum Gasteiger partial charge on any atom is 0.251 e. The molecule has 3 nitrogen and oxygen atoms in total. The van der Waals surface area contributed by atoms with Gasteiger partial charge in [-0.25, -0.2) is 0 Å². The van der Waals surface area contributed by atoms with Crippen molar-refractivity contribution in [3.63, 3.8) is 0 Å². The molecule has 2 bridgehead atoms. The minimum absolute atomic E-state index is 0.0424. The summed E-state index contributed by atoms with van der Waals surface area (Å²) in [5, 5.41) is 3.27. The van der Waals surface area contributed by atoms with E-state index in [1.165, 1.54) is 60.2 Å². The molecule has 37 heavy (non-hydrogen) atoms. The first-order chi connectivity index (χ1) is 17.9. The van der Waals surface area contributed by atoms with Crippen molar-refractivity contribution >= 4 is 5.91 Å². The fraction of sp³-hybridized carbons (Fsp3) is 0.441. The average Bonchev–Trinajstić information content (AvgIpc) is 3.73. The SMILES string of the molecule is CC(Cc1ccc(-c2ccccc2)cc1)NC(=O)c1ccc2c(c1)[C@@]1(C)CCN(CC3CC3)C(C2)[C@@H]1C. The summed E-state index contributed by atoms with van der Waals surface area (Å²) >= 11 is 0. The van der Waals surface area contributed by atoms with E-state index in [0.717, 1.165) is 24.3 Å². The molecule has 2 unspecified atom stereocenters. The smallest absolute Gasteiger partial charge is 0.251 e. The molecule has 1 heterocycles. The van der Waals surface area contributed by atoms with Gasteiger partial charge in [-0.1, -0.05) is 74.5 Å². The van der Waals surface area contributed by atoms with Crippen LogP contribution in [0.2, 0.25) is 0 Å². The van der Waals surface area contributed by atoms with Gasteiger partial charge in [0.2, 0.25) is 0 Å². The number of fused-ring (bicyclic) bond motifs is 4. The predicted octanol–water partition coefficient (Wildman–Crippen LogP) is 6.65. The van der Waals surface area contributed by atoms with Crippen LogP contribution in [0.4, 0.5) is 0 Å². The van der Waals surface area contributed by atoms with Crippen LogP contribution in [0, 0.1) is 11.8 Å². The van der Waals surface area contributed by atoms with E-state index in [9.17, 15) is 4.79 Å². The second kappa shape index (κ2) is 9.76. The van der Waals surface area contributed by atoms with Gasteiger partial charge in [-0.15, -0.1) is 0 Å². The Morgan fingerprint density at radius 2 is 1.76 bits per heavy atom. The second-order valence-electron chi connectivity index (χ2n) is 12.2. The lowest BCUT2D eigenvalue weighted by atomic mass is 9.59. The summed E-state index contributed by atoms with van der Waals surface area (Å²) < 4.78 is 0. The molecule has 1 N–H and O–H groups in total. The zero-order valence-corrected chi connectivity index (χ0v) is 22.5. The molecule has 0 radical (unpaired) electrons. The summed E-state index contributed by atoms with van der Waals surface area (Å²) in [6.07, 6.45) is 5.96. The Morgan fingerprint density at radius 3 is 2.49 bits per heavy atom. The van der Waals surface area contributed by atoms with Gasteiger partial charge >= 0.3 is 0 Å². The highest BCUT2D eigenvalue weighted by Gasteiger charge is 2.49. The van der Waals surface area contributed by atoms with Crippen LogP contribution in [0.15, 0.2) is 72.8 Å². The summed E-state index contributed by atoms with van der Waals surface area (Å²) in [5.41, 5.74) is 7.51. The molecule has 3 aliphatic rings. The van der Waals surface area contributed by atoms with E-state index in [4.69, 9.17) is 0 Å². The van der Waals surface area contributed by atoms with Gasteiger partial charge in [0.15, 0.2) is 0 Å². The Kier molecular flexibility index (Phi) is 6.44. The summed E-state index contributed by atoms with van der Waals surface area (Å²) in [5.74, 6) is 1.59. The van der Waals surface area contributed by atoms with Gasteiger partial charge in [0.05, 0.1) is 0 Å². The summed E-state index contributed by atoms with van der Waals surface area (Å²) in [6.45, 7) is 9.47. The zero-order valence-electron chi connectivity index (χ0n) is 22.5.